The van der Waals surface area contributed by atoms with Crippen LogP contribution in [0, 0.1) is 0 Å². The second-order valence-corrected chi connectivity index (χ2v) is 6.60. The van der Waals surface area contributed by atoms with Crippen molar-refractivity contribution in [3.63, 3.8) is 0 Å². The lowest BCUT2D eigenvalue weighted by atomic mass is 10.1. The van der Waals surface area contributed by atoms with Crippen LogP contribution in [-0.2, 0) is 6.61 Å². The van der Waals surface area contributed by atoms with E-state index in [0.29, 0.717) is 24.5 Å². The minimum Gasteiger partial charge on any atom is -0.489 e. The summed E-state index contributed by atoms with van der Waals surface area (Å²) in [5.41, 5.74) is 1.63. The first kappa shape index (κ1) is 18.1. The smallest absolute Gasteiger partial charge is 0.259 e. The third-order valence-corrected chi connectivity index (χ3v) is 4.37. The van der Waals surface area contributed by atoms with E-state index >= 15 is 0 Å². The summed E-state index contributed by atoms with van der Waals surface area (Å²) in [6.45, 7) is 2.94. The van der Waals surface area contributed by atoms with Crippen molar-refractivity contribution in [2.24, 2.45) is 0 Å². The standard InChI is InChI=1S/C21H19BrN2O2/c1-2-24(20-13-12-18(22)14-23-20)21(25)17-10-8-16(9-11-17)15-26-19-6-4-3-5-7-19/h3-14H,2,15H2,1H3. The number of anilines is 1. The Bertz CT molecular complexity index is 849. The SMILES string of the molecule is CCN(C(=O)c1ccc(COc2ccccc2)cc1)c1ccc(Br)cn1. The molecule has 3 aromatic rings. The van der Waals surface area contributed by atoms with Crippen molar-refractivity contribution in [1.29, 1.82) is 0 Å². The highest BCUT2D eigenvalue weighted by Crippen LogP contribution is 2.18. The molecular weight excluding hydrogens is 392 g/mol. The van der Waals surface area contributed by atoms with E-state index in [9.17, 15) is 4.79 Å². The number of aromatic nitrogens is 1. The number of ether oxygens (including phenoxy) is 1. The van der Waals surface area contributed by atoms with Gasteiger partial charge >= 0.3 is 0 Å². The highest BCUT2D eigenvalue weighted by atomic mass is 79.9. The zero-order chi connectivity index (χ0) is 18.4. The van der Waals surface area contributed by atoms with Crippen molar-refractivity contribution in [2.75, 3.05) is 11.4 Å². The molecule has 0 fully saturated rings. The third-order valence-electron chi connectivity index (χ3n) is 3.90. The highest BCUT2D eigenvalue weighted by Gasteiger charge is 2.17. The molecule has 0 atom stereocenters. The quantitative estimate of drug-likeness (QED) is 0.568. The van der Waals surface area contributed by atoms with Gasteiger partial charge in [-0.1, -0.05) is 30.3 Å². The fourth-order valence-corrected chi connectivity index (χ4v) is 2.75. The van der Waals surface area contributed by atoms with E-state index in [0.717, 1.165) is 15.8 Å². The van der Waals surface area contributed by atoms with Gasteiger partial charge in [-0.3, -0.25) is 9.69 Å². The van der Waals surface area contributed by atoms with Gasteiger partial charge in [0.05, 0.1) is 0 Å². The number of nitrogens with zero attached hydrogens (tertiary/aromatic N) is 2. The molecule has 0 aliphatic heterocycles. The maximum atomic E-state index is 12.8. The first-order chi connectivity index (χ1) is 12.7. The second-order valence-electron chi connectivity index (χ2n) is 5.68. The number of pyridine rings is 1. The van der Waals surface area contributed by atoms with Crippen LogP contribution in [0.4, 0.5) is 5.82 Å². The molecule has 3 rings (SSSR count). The molecule has 0 unspecified atom stereocenters. The molecule has 0 saturated carbocycles. The van der Waals surface area contributed by atoms with Crippen molar-refractivity contribution in [1.82, 2.24) is 4.98 Å². The fraction of sp³-hybridized carbons (Fsp3) is 0.143. The van der Waals surface area contributed by atoms with E-state index in [1.807, 2.05) is 73.7 Å². The van der Waals surface area contributed by atoms with Crippen LogP contribution in [0.25, 0.3) is 0 Å². The largest absolute Gasteiger partial charge is 0.489 e. The topological polar surface area (TPSA) is 42.4 Å². The van der Waals surface area contributed by atoms with E-state index in [1.165, 1.54) is 0 Å². The van der Waals surface area contributed by atoms with Crippen molar-refractivity contribution in [2.45, 2.75) is 13.5 Å². The Morgan fingerprint density at radius 2 is 1.77 bits per heavy atom. The van der Waals surface area contributed by atoms with Gasteiger partial charge in [0.2, 0.25) is 0 Å². The Labute approximate surface area is 161 Å². The molecule has 4 nitrogen and oxygen atoms in total. The van der Waals surface area contributed by atoms with Gasteiger partial charge in [0.25, 0.3) is 5.91 Å². The fourth-order valence-electron chi connectivity index (χ4n) is 2.52. The molecule has 1 heterocycles. The van der Waals surface area contributed by atoms with Crippen LogP contribution < -0.4 is 9.64 Å². The van der Waals surface area contributed by atoms with E-state index in [1.54, 1.807) is 11.1 Å². The third kappa shape index (κ3) is 4.49. The number of amides is 1. The minimum absolute atomic E-state index is 0.0714. The Morgan fingerprint density at radius 1 is 1.04 bits per heavy atom. The molecule has 0 spiro atoms. The van der Waals surface area contributed by atoms with E-state index in [-0.39, 0.29) is 5.91 Å². The van der Waals surface area contributed by atoms with Crippen LogP contribution in [0.3, 0.4) is 0 Å². The molecule has 0 N–H and O–H groups in total. The zero-order valence-corrected chi connectivity index (χ0v) is 16.0. The second kappa shape index (κ2) is 8.63. The van der Waals surface area contributed by atoms with Crippen LogP contribution in [-0.4, -0.2) is 17.4 Å². The maximum Gasteiger partial charge on any atom is 0.259 e. The molecule has 0 aliphatic carbocycles. The predicted molar refractivity (Wildman–Crippen MR) is 107 cm³/mol. The summed E-state index contributed by atoms with van der Waals surface area (Å²) in [4.78, 5) is 18.8. The summed E-state index contributed by atoms with van der Waals surface area (Å²) in [6, 6.07) is 20.9. The van der Waals surface area contributed by atoms with Crippen molar-refractivity contribution >= 4 is 27.7 Å². The van der Waals surface area contributed by atoms with Crippen LogP contribution in [0.15, 0.2) is 77.4 Å². The highest BCUT2D eigenvalue weighted by molar-refractivity contribution is 9.10. The van der Waals surface area contributed by atoms with E-state index in [2.05, 4.69) is 20.9 Å². The number of carbonyl (C=O) groups excluding carboxylic acids is 1. The normalized spacial score (nSPS) is 10.4. The van der Waals surface area contributed by atoms with Crippen LogP contribution in [0.1, 0.15) is 22.8 Å². The molecule has 1 amide bonds. The molecule has 5 heteroatoms. The summed E-state index contributed by atoms with van der Waals surface area (Å²) >= 11 is 3.36. The average Bonchev–Trinajstić information content (AvgIpc) is 2.69. The lowest BCUT2D eigenvalue weighted by Gasteiger charge is -2.20. The molecule has 2 aromatic carbocycles. The molecule has 132 valence electrons. The van der Waals surface area contributed by atoms with Crippen LogP contribution >= 0.6 is 15.9 Å². The summed E-state index contributed by atoms with van der Waals surface area (Å²) in [5.74, 6) is 1.39. The predicted octanol–water partition coefficient (Wildman–Crippen LogP) is 5.09. The van der Waals surface area contributed by atoms with Gasteiger partial charge in [-0.2, -0.15) is 0 Å². The molecule has 0 saturated heterocycles. The van der Waals surface area contributed by atoms with Crippen LogP contribution in [0.2, 0.25) is 0 Å². The molecule has 1 aromatic heterocycles. The van der Waals surface area contributed by atoms with Gasteiger partial charge in [0.15, 0.2) is 0 Å². The molecule has 0 radical (unpaired) electrons. The van der Waals surface area contributed by atoms with E-state index < -0.39 is 0 Å². The molecule has 0 bridgehead atoms. The summed E-state index contributed by atoms with van der Waals surface area (Å²) in [5, 5.41) is 0. The van der Waals surface area contributed by atoms with E-state index in [4.69, 9.17) is 4.74 Å². The Kier molecular flexibility index (Phi) is 6.02. The Morgan fingerprint density at radius 3 is 2.38 bits per heavy atom. The summed E-state index contributed by atoms with van der Waals surface area (Å²) in [6.07, 6.45) is 1.69. The Balaban J connectivity index is 1.68. The molecule has 0 aliphatic rings. The Hall–Kier alpha value is -2.66. The number of carbonyl (C=O) groups is 1. The minimum atomic E-state index is -0.0714. The van der Waals surface area contributed by atoms with Gasteiger partial charge in [0.1, 0.15) is 18.2 Å². The van der Waals surface area contributed by atoms with Crippen molar-refractivity contribution < 1.29 is 9.53 Å². The van der Waals surface area contributed by atoms with Gasteiger partial charge in [0, 0.05) is 22.8 Å². The van der Waals surface area contributed by atoms with Gasteiger partial charge in [-0.05, 0) is 64.8 Å². The maximum absolute atomic E-state index is 12.8. The summed E-state index contributed by atoms with van der Waals surface area (Å²) < 4.78 is 6.61. The average molecular weight is 411 g/mol. The molecule has 26 heavy (non-hydrogen) atoms. The van der Waals surface area contributed by atoms with Crippen molar-refractivity contribution in [3.8, 4) is 5.75 Å². The van der Waals surface area contributed by atoms with Crippen LogP contribution in [0.5, 0.6) is 5.75 Å². The lowest BCUT2D eigenvalue weighted by molar-refractivity contribution is 0.0987. The van der Waals surface area contributed by atoms with Gasteiger partial charge in [-0.25, -0.2) is 4.98 Å². The monoisotopic (exact) mass is 410 g/mol. The summed E-state index contributed by atoms with van der Waals surface area (Å²) in [7, 11) is 0. The molecular formula is C21H19BrN2O2. The number of hydrogen-bond donors (Lipinski definition) is 0. The van der Waals surface area contributed by atoms with Gasteiger partial charge < -0.3 is 4.74 Å². The number of benzene rings is 2. The van der Waals surface area contributed by atoms with Crippen molar-refractivity contribution in [3.05, 3.63) is 88.5 Å². The number of hydrogen-bond acceptors (Lipinski definition) is 3. The first-order valence-corrected chi connectivity index (χ1v) is 9.17. The number of halogens is 1. The number of para-hydroxylation sites is 1. The zero-order valence-electron chi connectivity index (χ0n) is 14.4. The first-order valence-electron chi connectivity index (χ1n) is 8.37. The lowest BCUT2D eigenvalue weighted by Crippen LogP contribution is -2.31. The number of rotatable bonds is 6. The van der Waals surface area contributed by atoms with Gasteiger partial charge in [-0.15, -0.1) is 0 Å².